The van der Waals surface area contributed by atoms with Gasteiger partial charge in [-0.25, -0.2) is 0 Å². The van der Waals surface area contributed by atoms with Crippen molar-refractivity contribution in [3.05, 3.63) is 48.5 Å². The Hall–Kier alpha value is -2.49. The highest BCUT2D eigenvalue weighted by Gasteiger charge is 2.03. The minimum absolute atomic E-state index is 0.683. The lowest BCUT2D eigenvalue weighted by Gasteiger charge is -2.13. The minimum Gasteiger partial charge on any atom is -0.384 e. The Morgan fingerprint density at radius 1 is 1.00 bits per heavy atom. The summed E-state index contributed by atoms with van der Waals surface area (Å²) in [5.74, 6) is 0. The van der Waals surface area contributed by atoms with Crippen molar-refractivity contribution in [1.29, 1.82) is 0 Å². The highest BCUT2D eigenvalue weighted by Crippen LogP contribution is 2.27. The second-order valence-corrected chi connectivity index (χ2v) is 4.04. The summed E-state index contributed by atoms with van der Waals surface area (Å²) in [6.45, 7) is 2.82. The lowest BCUT2D eigenvalue weighted by Crippen LogP contribution is -2.03. The summed E-state index contributed by atoms with van der Waals surface area (Å²) < 4.78 is 0. The van der Waals surface area contributed by atoms with E-state index < -0.39 is 0 Å². The van der Waals surface area contributed by atoms with Crippen LogP contribution in [0.1, 0.15) is 6.92 Å². The van der Waals surface area contributed by atoms with Crippen molar-refractivity contribution in [2.45, 2.75) is 6.92 Å². The van der Waals surface area contributed by atoms with Crippen LogP contribution in [-0.4, -0.2) is 13.0 Å². The number of benzene rings is 2. The fraction of sp³-hybridized carbons (Fsp3) is 0.133. The molecule has 0 saturated carbocycles. The van der Waals surface area contributed by atoms with Crippen molar-refractivity contribution in [3.8, 4) is 0 Å². The largest absolute Gasteiger partial charge is 0.384 e. The number of rotatable bonds is 6. The molecule has 3 N–H and O–H groups in total. The molecule has 2 rings (SSSR count). The standard InChI is InChI=1S/C15H17N3O/c1-2-16-14-9-8-13(10-15(14)17-11-19)18-12-6-4-3-5-7-12/h3-11,16,18H,2H2,1H3,(H,17,19). The van der Waals surface area contributed by atoms with Crippen LogP contribution in [0.25, 0.3) is 0 Å². The molecule has 2 aromatic carbocycles. The molecule has 0 saturated heterocycles. The predicted molar refractivity (Wildman–Crippen MR) is 80.0 cm³/mol. The fourth-order valence-corrected chi connectivity index (χ4v) is 1.84. The van der Waals surface area contributed by atoms with E-state index >= 15 is 0 Å². The Bertz CT molecular complexity index is 540. The van der Waals surface area contributed by atoms with Gasteiger partial charge in [0.2, 0.25) is 6.41 Å². The van der Waals surface area contributed by atoms with Gasteiger partial charge in [-0.05, 0) is 37.3 Å². The molecule has 19 heavy (non-hydrogen) atoms. The summed E-state index contributed by atoms with van der Waals surface area (Å²) in [4.78, 5) is 10.6. The van der Waals surface area contributed by atoms with E-state index in [2.05, 4.69) is 16.0 Å². The lowest BCUT2D eigenvalue weighted by atomic mass is 10.2. The molecule has 0 atom stereocenters. The van der Waals surface area contributed by atoms with Crippen LogP contribution in [0.2, 0.25) is 0 Å². The maximum absolute atomic E-state index is 10.6. The van der Waals surface area contributed by atoms with E-state index in [1.807, 2.05) is 55.5 Å². The fourth-order valence-electron chi connectivity index (χ4n) is 1.84. The van der Waals surface area contributed by atoms with Crippen molar-refractivity contribution in [1.82, 2.24) is 0 Å². The molecule has 98 valence electrons. The van der Waals surface area contributed by atoms with E-state index in [-0.39, 0.29) is 0 Å². The van der Waals surface area contributed by atoms with Crippen LogP contribution in [0, 0.1) is 0 Å². The molecule has 0 bridgehead atoms. The van der Waals surface area contributed by atoms with Gasteiger partial charge in [-0.2, -0.15) is 0 Å². The molecule has 4 heteroatoms. The molecule has 0 aliphatic heterocycles. The van der Waals surface area contributed by atoms with Gasteiger partial charge in [0.15, 0.2) is 0 Å². The van der Waals surface area contributed by atoms with Crippen LogP contribution in [0.4, 0.5) is 22.7 Å². The van der Waals surface area contributed by atoms with E-state index in [1.165, 1.54) is 0 Å². The summed E-state index contributed by atoms with van der Waals surface area (Å²) in [5, 5.41) is 9.20. The molecule has 0 heterocycles. The number of hydrogen-bond donors (Lipinski definition) is 3. The molecule has 0 aliphatic rings. The van der Waals surface area contributed by atoms with Crippen LogP contribution in [0.15, 0.2) is 48.5 Å². The summed E-state index contributed by atoms with van der Waals surface area (Å²) in [6.07, 6.45) is 0.683. The van der Waals surface area contributed by atoms with E-state index in [1.54, 1.807) is 0 Å². The molecular weight excluding hydrogens is 238 g/mol. The normalized spacial score (nSPS) is 9.74. The van der Waals surface area contributed by atoms with Crippen LogP contribution in [0.3, 0.4) is 0 Å². The number of anilines is 4. The second-order valence-electron chi connectivity index (χ2n) is 4.04. The van der Waals surface area contributed by atoms with Gasteiger partial charge in [0.1, 0.15) is 0 Å². The van der Waals surface area contributed by atoms with E-state index in [4.69, 9.17) is 0 Å². The van der Waals surface area contributed by atoms with Crippen LogP contribution in [0.5, 0.6) is 0 Å². The number of para-hydroxylation sites is 1. The number of nitrogens with one attached hydrogen (secondary N) is 3. The van der Waals surface area contributed by atoms with Crippen molar-refractivity contribution >= 4 is 29.2 Å². The summed E-state index contributed by atoms with van der Waals surface area (Å²) in [6, 6.07) is 15.7. The van der Waals surface area contributed by atoms with Crippen molar-refractivity contribution in [2.24, 2.45) is 0 Å². The molecule has 1 amide bonds. The van der Waals surface area contributed by atoms with Crippen molar-refractivity contribution in [3.63, 3.8) is 0 Å². The molecule has 0 fully saturated rings. The van der Waals surface area contributed by atoms with Gasteiger partial charge in [0, 0.05) is 17.9 Å². The summed E-state index contributed by atoms with van der Waals surface area (Å²) in [5.41, 5.74) is 3.61. The van der Waals surface area contributed by atoms with E-state index in [9.17, 15) is 4.79 Å². The zero-order valence-corrected chi connectivity index (χ0v) is 10.8. The van der Waals surface area contributed by atoms with Gasteiger partial charge in [-0.15, -0.1) is 0 Å². The molecular formula is C15H17N3O. The van der Waals surface area contributed by atoms with Gasteiger partial charge in [0.05, 0.1) is 11.4 Å². The molecule has 4 nitrogen and oxygen atoms in total. The Morgan fingerprint density at radius 3 is 2.47 bits per heavy atom. The molecule has 0 spiro atoms. The second kappa shape index (κ2) is 6.44. The third kappa shape index (κ3) is 3.48. The first-order valence-electron chi connectivity index (χ1n) is 6.23. The first kappa shape index (κ1) is 13.0. The first-order chi connectivity index (χ1) is 9.33. The Kier molecular flexibility index (Phi) is 4.39. The Balaban J connectivity index is 2.22. The van der Waals surface area contributed by atoms with Crippen molar-refractivity contribution in [2.75, 3.05) is 22.5 Å². The predicted octanol–water partition coefficient (Wildman–Crippen LogP) is 3.43. The lowest BCUT2D eigenvalue weighted by molar-refractivity contribution is -0.105. The van der Waals surface area contributed by atoms with Crippen LogP contribution >= 0.6 is 0 Å². The number of hydrogen-bond acceptors (Lipinski definition) is 3. The molecule has 0 radical (unpaired) electrons. The van der Waals surface area contributed by atoms with Gasteiger partial charge < -0.3 is 16.0 Å². The average molecular weight is 255 g/mol. The maximum atomic E-state index is 10.6. The quantitative estimate of drug-likeness (QED) is 0.693. The third-order valence-corrected chi connectivity index (χ3v) is 2.66. The summed E-state index contributed by atoms with van der Waals surface area (Å²) >= 11 is 0. The van der Waals surface area contributed by atoms with Gasteiger partial charge in [-0.1, -0.05) is 18.2 Å². The molecule has 2 aromatic rings. The smallest absolute Gasteiger partial charge is 0.211 e. The summed E-state index contributed by atoms with van der Waals surface area (Å²) in [7, 11) is 0. The maximum Gasteiger partial charge on any atom is 0.211 e. The average Bonchev–Trinajstić information content (AvgIpc) is 2.43. The third-order valence-electron chi connectivity index (χ3n) is 2.66. The Labute approximate surface area is 112 Å². The number of amides is 1. The monoisotopic (exact) mass is 255 g/mol. The zero-order chi connectivity index (χ0) is 13.5. The van der Waals surface area contributed by atoms with Crippen LogP contribution < -0.4 is 16.0 Å². The molecule has 0 unspecified atom stereocenters. The Morgan fingerprint density at radius 2 is 1.79 bits per heavy atom. The van der Waals surface area contributed by atoms with Crippen LogP contribution in [-0.2, 0) is 4.79 Å². The minimum atomic E-state index is 0.683. The molecule has 0 aliphatic carbocycles. The topological polar surface area (TPSA) is 53.2 Å². The van der Waals surface area contributed by atoms with Gasteiger partial charge in [-0.3, -0.25) is 4.79 Å². The number of carbonyl (C=O) groups excluding carboxylic acids is 1. The zero-order valence-electron chi connectivity index (χ0n) is 10.8. The van der Waals surface area contributed by atoms with E-state index in [0.29, 0.717) is 6.41 Å². The highest BCUT2D eigenvalue weighted by molar-refractivity contribution is 5.84. The molecule has 0 aromatic heterocycles. The first-order valence-corrected chi connectivity index (χ1v) is 6.23. The number of carbonyl (C=O) groups is 1. The highest BCUT2D eigenvalue weighted by atomic mass is 16.1. The van der Waals surface area contributed by atoms with E-state index in [0.717, 1.165) is 29.3 Å². The van der Waals surface area contributed by atoms with Crippen molar-refractivity contribution < 1.29 is 4.79 Å². The van der Waals surface area contributed by atoms with Gasteiger partial charge in [0.25, 0.3) is 0 Å². The SMILES string of the molecule is CCNc1ccc(Nc2ccccc2)cc1NC=O. The van der Waals surface area contributed by atoms with Gasteiger partial charge >= 0.3 is 0 Å².